The molecule has 0 amide bonds. The molecule has 1 atom stereocenters. The second-order valence-electron chi connectivity index (χ2n) is 6.52. The van der Waals surface area contributed by atoms with Crippen LogP contribution in [0, 0.1) is 11.7 Å². The number of rotatable bonds is 4. The highest BCUT2D eigenvalue weighted by Gasteiger charge is 2.32. The molecule has 1 aliphatic heterocycles. The lowest BCUT2D eigenvalue weighted by Gasteiger charge is -2.41. The highest BCUT2D eigenvalue weighted by molar-refractivity contribution is 5.31. The first-order valence-corrected chi connectivity index (χ1v) is 8.58. The van der Waals surface area contributed by atoms with Crippen molar-refractivity contribution in [1.82, 2.24) is 10.2 Å². The largest absolute Gasteiger partial charge is 0.497 e. The molecule has 4 heteroatoms. The van der Waals surface area contributed by atoms with Gasteiger partial charge in [0.15, 0.2) is 0 Å². The maximum atomic E-state index is 14.7. The molecule has 0 unspecified atom stereocenters. The Labute approximate surface area is 132 Å². The maximum absolute atomic E-state index is 14.7. The molecule has 0 bridgehead atoms. The number of nitrogens with zero attached hydrogens (tertiary/aromatic N) is 1. The number of halogens is 1. The van der Waals surface area contributed by atoms with Gasteiger partial charge in [-0.05, 0) is 24.8 Å². The Morgan fingerprint density at radius 1 is 1.18 bits per heavy atom. The Morgan fingerprint density at radius 2 is 1.91 bits per heavy atom. The molecule has 2 aliphatic rings. The average Bonchev–Trinajstić information content (AvgIpc) is 2.58. The Morgan fingerprint density at radius 3 is 2.55 bits per heavy atom. The van der Waals surface area contributed by atoms with E-state index in [2.05, 4.69) is 10.2 Å². The van der Waals surface area contributed by atoms with Gasteiger partial charge in [-0.1, -0.05) is 25.3 Å². The van der Waals surface area contributed by atoms with Crippen LogP contribution in [0.1, 0.15) is 43.7 Å². The summed E-state index contributed by atoms with van der Waals surface area (Å²) in [5.74, 6) is 1.06. The quantitative estimate of drug-likeness (QED) is 0.923. The summed E-state index contributed by atoms with van der Waals surface area (Å²) < 4.78 is 19.8. The van der Waals surface area contributed by atoms with Crippen molar-refractivity contribution in [2.45, 2.75) is 38.1 Å². The van der Waals surface area contributed by atoms with Gasteiger partial charge in [-0.3, -0.25) is 4.90 Å². The predicted octanol–water partition coefficient (Wildman–Crippen LogP) is 3.36. The van der Waals surface area contributed by atoms with Crippen LogP contribution in [0.3, 0.4) is 0 Å². The van der Waals surface area contributed by atoms with E-state index in [1.54, 1.807) is 7.11 Å². The summed E-state index contributed by atoms with van der Waals surface area (Å²) in [6.45, 7) is 4.02. The van der Waals surface area contributed by atoms with E-state index in [1.165, 1.54) is 38.2 Å². The number of piperazine rings is 1. The zero-order valence-corrected chi connectivity index (χ0v) is 13.5. The van der Waals surface area contributed by atoms with Crippen LogP contribution in [0.4, 0.5) is 4.39 Å². The smallest absolute Gasteiger partial charge is 0.131 e. The van der Waals surface area contributed by atoms with Gasteiger partial charge in [0.25, 0.3) is 0 Å². The van der Waals surface area contributed by atoms with Gasteiger partial charge in [0.05, 0.1) is 7.11 Å². The van der Waals surface area contributed by atoms with E-state index in [4.69, 9.17) is 4.74 Å². The molecule has 1 aromatic rings. The Kier molecular flexibility index (Phi) is 5.32. The van der Waals surface area contributed by atoms with Crippen LogP contribution in [0.15, 0.2) is 18.2 Å². The molecular weight excluding hydrogens is 279 g/mol. The summed E-state index contributed by atoms with van der Waals surface area (Å²) in [5, 5.41) is 3.40. The van der Waals surface area contributed by atoms with Crippen LogP contribution in [-0.2, 0) is 0 Å². The second kappa shape index (κ2) is 7.42. The van der Waals surface area contributed by atoms with Crippen LogP contribution in [0.2, 0.25) is 0 Å². The Balaban J connectivity index is 1.89. The normalized spacial score (nSPS) is 22.5. The number of hydrogen-bond donors (Lipinski definition) is 1. The van der Waals surface area contributed by atoms with Gasteiger partial charge < -0.3 is 10.1 Å². The molecule has 22 heavy (non-hydrogen) atoms. The zero-order chi connectivity index (χ0) is 15.4. The fourth-order valence-corrected chi connectivity index (χ4v) is 4.03. The first-order chi connectivity index (χ1) is 10.8. The maximum Gasteiger partial charge on any atom is 0.131 e. The number of benzene rings is 1. The van der Waals surface area contributed by atoms with Crippen molar-refractivity contribution in [2.75, 3.05) is 33.3 Å². The van der Waals surface area contributed by atoms with E-state index >= 15 is 0 Å². The predicted molar refractivity (Wildman–Crippen MR) is 86.7 cm³/mol. The third-order valence-corrected chi connectivity index (χ3v) is 5.17. The van der Waals surface area contributed by atoms with E-state index < -0.39 is 0 Å². The van der Waals surface area contributed by atoms with Gasteiger partial charge in [0.1, 0.15) is 11.6 Å². The lowest BCUT2D eigenvalue weighted by Crippen LogP contribution is -2.47. The minimum atomic E-state index is -0.117. The number of nitrogens with one attached hydrogen (secondary N) is 1. The Bertz CT molecular complexity index is 464. The van der Waals surface area contributed by atoms with E-state index in [-0.39, 0.29) is 11.9 Å². The standard InChI is InChI=1S/C18H27FN2O/c1-22-15-7-8-16(17(19)13-15)18(14-5-3-2-4-6-14)21-11-9-20-10-12-21/h7-8,13-14,18,20H,2-6,9-12H2,1H3/t18-/m1/s1. The first kappa shape index (κ1) is 15.8. The number of ether oxygens (including phenoxy) is 1. The second-order valence-corrected chi connectivity index (χ2v) is 6.52. The van der Waals surface area contributed by atoms with E-state index in [1.807, 2.05) is 12.1 Å². The van der Waals surface area contributed by atoms with Crippen LogP contribution in [0.25, 0.3) is 0 Å². The fraction of sp³-hybridized carbons (Fsp3) is 0.667. The number of methoxy groups -OCH3 is 1. The third-order valence-electron chi connectivity index (χ3n) is 5.17. The molecule has 3 rings (SSSR count). The average molecular weight is 306 g/mol. The van der Waals surface area contributed by atoms with Crippen molar-refractivity contribution in [3.8, 4) is 5.75 Å². The minimum Gasteiger partial charge on any atom is -0.497 e. The molecule has 1 aliphatic carbocycles. The van der Waals surface area contributed by atoms with Gasteiger partial charge in [-0.25, -0.2) is 4.39 Å². The van der Waals surface area contributed by atoms with Gasteiger partial charge in [-0.15, -0.1) is 0 Å². The van der Waals surface area contributed by atoms with Gasteiger partial charge in [-0.2, -0.15) is 0 Å². The van der Waals surface area contributed by atoms with Crippen molar-refractivity contribution in [1.29, 1.82) is 0 Å². The van der Waals surface area contributed by atoms with Gasteiger partial charge in [0, 0.05) is 43.9 Å². The van der Waals surface area contributed by atoms with Crippen LogP contribution in [0.5, 0.6) is 5.75 Å². The SMILES string of the molecule is COc1ccc([C@@H](C2CCCCC2)N2CCNCC2)c(F)c1. The van der Waals surface area contributed by atoms with Crippen LogP contribution in [-0.4, -0.2) is 38.2 Å². The summed E-state index contributed by atoms with van der Waals surface area (Å²) in [6.07, 6.45) is 6.34. The molecule has 1 saturated heterocycles. The van der Waals surface area contributed by atoms with E-state index in [0.717, 1.165) is 31.7 Å². The summed E-state index contributed by atoms with van der Waals surface area (Å²) in [5.41, 5.74) is 0.856. The fourth-order valence-electron chi connectivity index (χ4n) is 4.03. The molecule has 3 nitrogen and oxygen atoms in total. The van der Waals surface area contributed by atoms with Crippen LogP contribution < -0.4 is 10.1 Å². The molecule has 1 aromatic carbocycles. The molecule has 2 fully saturated rings. The first-order valence-electron chi connectivity index (χ1n) is 8.58. The summed E-state index contributed by atoms with van der Waals surface area (Å²) in [6, 6.07) is 5.59. The molecule has 1 heterocycles. The number of hydrogen-bond acceptors (Lipinski definition) is 3. The topological polar surface area (TPSA) is 24.5 Å². The molecule has 0 radical (unpaired) electrons. The third kappa shape index (κ3) is 3.44. The summed E-state index contributed by atoms with van der Waals surface area (Å²) in [7, 11) is 1.59. The van der Waals surface area contributed by atoms with Crippen LogP contribution >= 0.6 is 0 Å². The monoisotopic (exact) mass is 306 g/mol. The van der Waals surface area contributed by atoms with Gasteiger partial charge >= 0.3 is 0 Å². The zero-order valence-electron chi connectivity index (χ0n) is 13.5. The van der Waals surface area contributed by atoms with Crippen molar-refractivity contribution >= 4 is 0 Å². The molecule has 1 saturated carbocycles. The van der Waals surface area contributed by atoms with E-state index in [9.17, 15) is 4.39 Å². The summed E-state index contributed by atoms with van der Waals surface area (Å²) in [4.78, 5) is 2.48. The molecule has 122 valence electrons. The lowest BCUT2D eigenvalue weighted by molar-refractivity contribution is 0.100. The minimum absolute atomic E-state index is 0.117. The van der Waals surface area contributed by atoms with Crippen molar-refractivity contribution in [3.05, 3.63) is 29.6 Å². The summed E-state index contributed by atoms with van der Waals surface area (Å²) >= 11 is 0. The van der Waals surface area contributed by atoms with E-state index in [0.29, 0.717) is 11.7 Å². The molecule has 0 aromatic heterocycles. The highest BCUT2D eigenvalue weighted by Crippen LogP contribution is 2.40. The van der Waals surface area contributed by atoms with Crippen molar-refractivity contribution < 1.29 is 9.13 Å². The van der Waals surface area contributed by atoms with Crippen molar-refractivity contribution in [3.63, 3.8) is 0 Å². The highest BCUT2D eigenvalue weighted by atomic mass is 19.1. The van der Waals surface area contributed by atoms with Crippen molar-refractivity contribution in [2.24, 2.45) is 5.92 Å². The lowest BCUT2D eigenvalue weighted by atomic mass is 9.80. The Hall–Kier alpha value is -1.13. The molecule has 1 N–H and O–H groups in total. The van der Waals surface area contributed by atoms with Gasteiger partial charge in [0.2, 0.25) is 0 Å². The molecule has 0 spiro atoms. The molecular formula is C18H27FN2O.